The fourth-order valence-corrected chi connectivity index (χ4v) is 9.45. The molecule has 0 radical (unpaired) electrons. The van der Waals surface area contributed by atoms with Crippen LogP contribution in [0, 0.1) is 22.7 Å². The highest BCUT2D eigenvalue weighted by Gasteiger charge is 2.65. The number of rotatable bonds is 13. The molecule has 3 aliphatic carbocycles. The minimum Gasteiger partial charge on any atom is -0.447 e. The number of hydrogen-bond donors (Lipinski definition) is 3. The van der Waals surface area contributed by atoms with Crippen molar-refractivity contribution in [1.82, 2.24) is 24.7 Å². The van der Waals surface area contributed by atoms with Crippen LogP contribution in [0.25, 0.3) is 5.57 Å². The number of alkyl halides is 5. The van der Waals surface area contributed by atoms with E-state index in [1.165, 1.54) is 42.7 Å². The molecular formula is C38H44ClF6N9O5S. The number of amides is 2. The van der Waals surface area contributed by atoms with Crippen LogP contribution in [0.3, 0.4) is 0 Å². The van der Waals surface area contributed by atoms with E-state index in [-0.39, 0.29) is 46.7 Å². The lowest BCUT2D eigenvalue weighted by molar-refractivity contribution is -0.164. The molecule has 3 N–H and O–H groups in total. The highest BCUT2D eigenvalue weighted by Crippen LogP contribution is 2.50. The van der Waals surface area contributed by atoms with Crippen molar-refractivity contribution < 1.29 is 49.1 Å². The van der Waals surface area contributed by atoms with Crippen molar-refractivity contribution in [2.75, 3.05) is 18.7 Å². The van der Waals surface area contributed by atoms with E-state index >= 15 is 9.18 Å². The first-order chi connectivity index (χ1) is 27.9. The zero-order valence-corrected chi connectivity index (χ0v) is 34.7. The number of guanidine groups is 1. The first kappa shape index (κ1) is 44.6. The SMILES string of the molecule is C=NN(/C(=N\C)C(F)F)c1cc([C@@H](COC(=O)NC2(C(F)(F)F)CC2)N2C(=N)N[C@](CC(C)(C)C)(C3C=C(F)C(c4cnn(S(=O)(=O)C5CC5)c4)=CC3C)C2=O)ccc1Cl. The first-order valence-corrected chi connectivity index (χ1v) is 20.7. The summed E-state index contributed by atoms with van der Waals surface area (Å²) in [6.45, 7) is 9.65. The molecule has 0 bridgehead atoms. The molecule has 1 aromatic carbocycles. The summed E-state index contributed by atoms with van der Waals surface area (Å²) in [6.07, 6.45) is -4.01. The quantitative estimate of drug-likeness (QED) is 0.0820. The topological polar surface area (TPSA) is 174 Å². The number of alkyl carbamates (subject to hydrolysis) is 1. The van der Waals surface area contributed by atoms with E-state index in [1.54, 1.807) is 6.92 Å². The average molecular weight is 888 g/mol. The predicted octanol–water partition coefficient (Wildman–Crippen LogP) is 7.20. The van der Waals surface area contributed by atoms with Gasteiger partial charge in [0.2, 0.25) is 0 Å². The van der Waals surface area contributed by atoms with Gasteiger partial charge in [0.25, 0.3) is 22.4 Å². The molecule has 1 saturated heterocycles. The van der Waals surface area contributed by atoms with Gasteiger partial charge in [-0.2, -0.15) is 27.5 Å². The van der Waals surface area contributed by atoms with Gasteiger partial charge in [0.1, 0.15) is 23.5 Å². The third-order valence-electron chi connectivity index (χ3n) is 10.9. The number of amidine groups is 1. The van der Waals surface area contributed by atoms with Crippen molar-refractivity contribution in [1.29, 1.82) is 5.41 Å². The molecule has 2 amide bonds. The molecule has 1 aromatic heterocycles. The van der Waals surface area contributed by atoms with Crippen LogP contribution in [0.4, 0.5) is 36.8 Å². The Morgan fingerprint density at radius 3 is 2.43 bits per heavy atom. The number of ether oxygens (including phenoxy) is 1. The van der Waals surface area contributed by atoms with E-state index < -0.39 is 98.5 Å². The molecule has 2 saturated carbocycles. The number of halogens is 7. The van der Waals surface area contributed by atoms with Crippen molar-refractivity contribution >= 4 is 63.4 Å². The number of benzene rings is 1. The number of carbonyl (C=O) groups is 2. The Balaban J connectivity index is 1.40. The minimum atomic E-state index is -4.78. The Hall–Kier alpha value is -4.92. The third kappa shape index (κ3) is 8.38. The highest BCUT2D eigenvalue weighted by atomic mass is 35.5. The van der Waals surface area contributed by atoms with Crippen molar-refractivity contribution in [2.24, 2.45) is 27.3 Å². The van der Waals surface area contributed by atoms with Gasteiger partial charge in [0.05, 0.1) is 34.4 Å². The van der Waals surface area contributed by atoms with E-state index in [1.807, 2.05) is 26.1 Å². The summed E-state index contributed by atoms with van der Waals surface area (Å²) in [5, 5.41) is 21.6. The molecule has 4 atom stereocenters. The number of carbonyl (C=O) groups excluding carboxylic acids is 2. The van der Waals surface area contributed by atoms with E-state index in [0.717, 1.165) is 16.0 Å². The maximum Gasteiger partial charge on any atom is 0.411 e. The van der Waals surface area contributed by atoms with E-state index in [9.17, 15) is 40.6 Å². The van der Waals surface area contributed by atoms with Gasteiger partial charge in [0.15, 0.2) is 11.8 Å². The van der Waals surface area contributed by atoms with Gasteiger partial charge >= 0.3 is 12.3 Å². The largest absolute Gasteiger partial charge is 0.447 e. The van der Waals surface area contributed by atoms with Crippen LogP contribution in [-0.4, -0.2) is 95.6 Å². The van der Waals surface area contributed by atoms with Gasteiger partial charge in [-0.15, -0.1) is 0 Å². The summed E-state index contributed by atoms with van der Waals surface area (Å²) in [5.74, 6) is -4.67. The van der Waals surface area contributed by atoms with Gasteiger partial charge < -0.3 is 15.4 Å². The third-order valence-corrected chi connectivity index (χ3v) is 13.3. The Bertz CT molecular complexity index is 2280. The van der Waals surface area contributed by atoms with Crippen LogP contribution in [0.5, 0.6) is 0 Å². The van der Waals surface area contributed by atoms with Crippen LogP contribution in [0.2, 0.25) is 5.02 Å². The zero-order chi connectivity index (χ0) is 44.3. The Kier molecular flexibility index (Phi) is 11.8. The number of hydrogen-bond acceptors (Lipinski definition) is 9. The van der Waals surface area contributed by atoms with Crippen molar-refractivity contribution in [3.8, 4) is 0 Å². The summed E-state index contributed by atoms with van der Waals surface area (Å²) in [7, 11) is -2.67. The second-order valence-corrected chi connectivity index (χ2v) is 19.0. The second kappa shape index (κ2) is 15.8. The van der Waals surface area contributed by atoms with Crippen LogP contribution < -0.4 is 15.6 Å². The molecule has 60 heavy (non-hydrogen) atoms. The molecule has 2 aromatic rings. The molecule has 2 heterocycles. The Labute approximate surface area is 347 Å². The molecule has 0 spiro atoms. The molecular weight excluding hydrogens is 844 g/mol. The molecule has 326 valence electrons. The number of nitrogens with zero attached hydrogens (tertiary/aromatic N) is 6. The van der Waals surface area contributed by atoms with Gasteiger partial charge in [-0.05, 0) is 67.2 Å². The Morgan fingerprint density at radius 2 is 1.88 bits per heavy atom. The van der Waals surface area contributed by atoms with Gasteiger partial charge in [-0.1, -0.05) is 51.4 Å². The monoisotopic (exact) mass is 887 g/mol. The normalized spacial score (nSPS) is 23.8. The summed E-state index contributed by atoms with van der Waals surface area (Å²) in [5.41, 5.74) is -4.93. The fraction of sp³-hybridized carbons (Fsp3) is 0.526. The molecule has 3 fully saturated rings. The van der Waals surface area contributed by atoms with Gasteiger partial charge in [-0.25, -0.2) is 31.4 Å². The summed E-state index contributed by atoms with van der Waals surface area (Å²) in [6, 6.07) is 2.29. The highest BCUT2D eigenvalue weighted by molar-refractivity contribution is 7.90. The number of nitrogens with one attached hydrogen (secondary N) is 3. The molecule has 22 heteroatoms. The van der Waals surface area contributed by atoms with Gasteiger partial charge in [-0.3, -0.25) is 20.1 Å². The summed E-state index contributed by atoms with van der Waals surface area (Å²) in [4.78, 5) is 32.7. The van der Waals surface area contributed by atoms with E-state index in [2.05, 4.69) is 27.2 Å². The minimum absolute atomic E-state index is 0.00978. The van der Waals surface area contributed by atoms with Crippen LogP contribution in [0.1, 0.15) is 77.0 Å². The lowest BCUT2D eigenvalue weighted by Crippen LogP contribution is -2.57. The molecule has 14 nitrogen and oxygen atoms in total. The first-order valence-electron chi connectivity index (χ1n) is 18.8. The molecule has 6 rings (SSSR count). The maximum atomic E-state index is 16.4. The van der Waals surface area contributed by atoms with Gasteiger partial charge in [0, 0.05) is 30.8 Å². The number of anilines is 1. The van der Waals surface area contributed by atoms with Crippen molar-refractivity contribution in [2.45, 2.75) is 94.8 Å². The molecule has 4 aliphatic rings. The van der Waals surface area contributed by atoms with Crippen molar-refractivity contribution in [3.63, 3.8) is 0 Å². The lowest BCUT2D eigenvalue weighted by atomic mass is 9.66. The number of aromatic nitrogens is 2. The van der Waals surface area contributed by atoms with Crippen LogP contribution >= 0.6 is 11.6 Å². The average Bonchev–Trinajstić information content (AvgIpc) is 4.08. The molecule has 2 unspecified atom stereocenters. The number of allylic oxidation sites excluding steroid dienone is 3. The second-order valence-electron chi connectivity index (χ2n) is 16.5. The Morgan fingerprint density at radius 1 is 1.22 bits per heavy atom. The number of hydrazone groups is 1. The van der Waals surface area contributed by atoms with E-state index in [4.69, 9.17) is 16.3 Å². The van der Waals surface area contributed by atoms with E-state index in [0.29, 0.717) is 17.9 Å². The fourth-order valence-electron chi connectivity index (χ4n) is 7.78. The van der Waals surface area contributed by atoms with Crippen molar-refractivity contribution in [3.05, 3.63) is 64.7 Å². The van der Waals surface area contributed by atoms with Crippen LogP contribution in [0.15, 0.2) is 58.7 Å². The van der Waals surface area contributed by atoms with Crippen LogP contribution in [-0.2, 0) is 19.6 Å². The zero-order valence-electron chi connectivity index (χ0n) is 33.2. The maximum absolute atomic E-state index is 16.4. The summed E-state index contributed by atoms with van der Waals surface area (Å²) < 4.78 is 117. The molecule has 1 aliphatic heterocycles. The predicted molar refractivity (Wildman–Crippen MR) is 212 cm³/mol. The standard InChI is InChI=1S/C38H44ClF6N9O5S/c1-20-13-24(22-16-49-52(17-22)60(57,58)23-8-9-23)27(40)15-25(20)37(19-35(2,3)4)32(55)53(33(46)50-37)29(18-59-34(56)51-36(11-12-36)38(43,44)45)21-7-10-26(39)28(14-21)54(48-6)31(47-5)30(41)42/h7,10,13-17,20,23,25,29-30H,6,8-9,11-12,18-19H2,1-5H3,(H2,46,50)(H,51,56)/b47-31-/t20?,25?,29-,37-/m1/s1. The smallest absolute Gasteiger partial charge is 0.411 e. The number of aliphatic imine (C=N–C) groups is 1. The lowest BCUT2D eigenvalue weighted by Gasteiger charge is -2.42. The summed E-state index contributed by atoms with van der Waals surface area (Å²) >= 11 is 6.44.